The van der Waals surface area contributed by atoms with Gasteiger partial charge < -0.3 is 10.7 Å². The number of fused-ring (bicyclic) bond motifs is 1. The molecule has 0 radical (unpaired) electrons. The Morgan fingerprint density at radius 1 is 1.19 bits per heavy atom. The largest absolute Gasteiger partial charge is 0.336 e. The fourth-order valence-corrected chi connectivity index (χ4v) is 4.81. The summed E-state index contributed by atoms with van der Waals surface area (Å²) in [6, 6.07) is 18.2. The van der Waals surface area contributed by atoms with Crippen molar-refractivity contribution in [3.8, 4) is 0 Å². The molecule has 1 atom stereocenters. The van der Waals surface area contributed by atoms with Gasteiger partial charge in [-0.05, 0) is 17.7 Å². The molecule has 26 heavy (non-hydrogen) atoms. The molecule has 1 aliphatic rings. The van der Waals surface area contributed by atoms with Crippen molar-refractivity contribution in [1.29, 1.82) is 0 Å². The Morgan fingerprint density at radius 2 is 1.96 bits per heavy atom. The third-order valence-electron chi connectivity index (χ3n) is 4.15. The van der Waals surface area contributed by atoms with E-state index < -0.39 is 0 Å². The van der Waals surface area contributed by atoms with Crippen molar-refractivity contribution in [2.24, 2.45) is 0 Å². The van der Waals surface area contributed by atoms with Gasteiger partial charge in [-0.15, -0.1) is 22.0 Å². The first-order valence-corrected chi connectivity index (χ1v) is 10.1. The average Bonchev–Trinajstić information content (AvgIpc) is 3.10. The lowest BCUT2D eigenvalue weighted by atomic mass is 10.1. The number of anilines is 1. The number of carbonyl (C=O) groups excluding carboxylic acids is 1. The second-order valence-electron chi connectivity index (χ2n) is 5.78. The minimum absolute atomic E-state index is 0.0000496. The van der Waals surface area contributed by atoms with Crippen molar-refractivity contribution in [3.63, 3.8) is 0 Å². The molecule has 2 aromatic carbocycles. The van der Waals surface area contributed by atoms with Gasteiger partial charge in [0.15, 0.2) is 0 Å². The van der Waals surface area contributed by atoms with Crippen LogP contribution in [0.2, 0.25) is 0 Å². The van der Waals surface area contributed by atoms with Crippen molar-refractivity contribution in [2.45, 2.75) is 16.1 Å². The molecule has 6 nitrogen and oxygen atoms in total. The number of nitrogens with zero attached hydrogens (tertiary/aromatic N) is 4. The molecule has 0 saturated heterocycles. The number of amides is 1. The van der Waals surface area contributed by atoms with Gasteiger partial charge in [-0.25, -0.2) is 4.68 Å². The van der Waals surface area contributed by atoms with Crippen LogP contribution in [0.1, 0.15) is 11.6 Å². The first kappa shape index (κ1) is 17.0. The van der Waals surface area contributed by atoms with E-state index in [0.717, 1.165) is 21.9 Å². The van der Waals surface area contributed by atoms with E-state index in [2.05, 4.69) is 28.4 Å². The number of thioether (sulfide) groups is 2. The third-order valence-corrected chi connectivity index (χ3v) is 6.23. The van der Waals surface area contributed by atoms with Crippen molar-refractivity contribution in [2.75, 3.05) is 22.2 Å². The van der Waals surface area contributed by atoms with Crippen molar-refractivity contribution < 1.29 is 4.79 Å². The van der Waals surface area contributed by atoms with Crippen LogP contribution in [0, 0.1) is 0 Å². The Hall–Kier alpha value is -2.45. The van der Waals surface area contributed by atoms with Crippen LogP contribution in [0.15, 0.2) is 71.0 Å². The standard InChI is InChI=1S/C18H17N5OS2/c19-22-12-20-21-18(22)26-11-17(24)23-14-8-4-5-9-16(14)25-10-15(23)13-6-2-1-3-7-13/h1-9,12,15H,10-11,19H2/t15-/m0/s1. The van der Waals surface area contributed by atoms with Crippen LogP contribution in [0.25, 0.3) is 0 Å². The highest BCUT2D eigenvalue weighted by Gasteiger charge is 2.32. The second kappa shape index (κ2) is 7.43. The lowest BCUT2D eigenvalue weighted by molar-refractivity contribution is -0.116. The van der Waals surface area contributed by atoms with Crippen LogP contribution < -0.4 is 10.7 Å². The molecular weight excluding hydrogens is 366 g/mol. The number of nitrogens with two attached hydrogens (primary N) is 1. The first-order chi connectivity index (χ1) is 12.7. The third kappa shape index (κ3) is 3.30. The zero-order chi connectivity index (χ0) is 17.9. The molecular formula is C18H17N5OS2. The van der Waals surface area contributed by atoms with E-state index in [1.807, 2.05) is 41.3 Å². The molecule has 1 aliphatic heterocycles. The molecule has 4 rings (SSSR count). The number of carbonyl (C=O) groups is 1. The molecule has 8 heteroatoms. The Balaban J connectivity index is 1.64. The summed E-state index contributed by atoms with van der Waals surface area (Å²) >= 11 is 3.08. The summed E-state index contributed by atoms with van der Waals surface area (Å²) < 4.78 is 1.33. The summed E-state index contributed by atoms with van der Waals surface area (Å²) in [6.45, 7) is 0. The Labute approximate surface area is 159 Å². The van der Waals surface area contributed by atoms with Crippen molar-refractivity contribution in [1.82, 2.24) is 14.9 Å². The predicted molar refractivity (Wildman–Crippen MR) is 105 cm³/mol. The van der Waals surface area contributed by atoms with Crippen molar-refractivity contribution >= 4 is 35.1 Å². The van der Waals surface area contributed by atoms with E-state index >= 15 is 0 Å². The minimum Gasteiger partial charge on any atom is -0.336 e. The molecule has 0 unspecified atom stereocenters. The van der Waals surface area contributed by atoms with Gasteiger partial charge in [-0.3, -0.25) is 4.79 Å². The van der Waals surface area contributed by atoms with Gasteiger partial charge in [-0.1, -0.05) is 54.2 Å². The van der Waals surface area contributed by atoms with E-state index in [9.17, 15) is 4.79 Å². The number of rotatable bonds is 4. The van der Waals surface area contributed by atoms with Crippen LogP contribution >= 0.6 is 23.5 Å². The van der Waals surface area contributed by atoms with E-state index in [1.165, 1.54) is 22.8 Å². The fraction of sp³-hybridized carbons (Fsp3) is 0.167. The SMILES string of the molecule is Nn1cnnc1SCC(=O)N1c2ccccc2SC[C@H]1c1ccccc1. The van der Waals surface area contributed by atoms with Crippen LogP contribution in [-0.2, 0) is 4.79 Å². The Kier molecular flexibility index (Phi) is 4.85. The molecule has 1 aromatic heterocycles. The van der Waals surface area contributed by atoms with Gasteiger partial charge >= 0.3 is 0 Å². The highest BCUT2D eigenvalue weighted by atomic mass is 32.2. The van der Waals surface area contributed by atoms with Gasteiger partial charge in [0.2, 0.25) is 11.1 Å². The van der Waals surface area contributed by atoms with Gasteiger partial charge in [0, 0.05) is 10.6 Å². The summed E-state index contributed by atoms with van der Waals surface area (Å²) in [6.07, 6.45) is 1.42. The summed E-state index contributed by atoms with van der Waals surface area (Å²) in [5.41, 5.74) is 2.09. The summed E-state index contributed by atoms with van der Waals surface area (Å²) in [5.74, 6) is 6.84. The molecule has 0 fully saturated rings. The van der Waals surface area contributed by atoms with E-state index in [4.69, 9.17) is 5.84 Å². The zero-order valence-corrected chi connectivity index (χ0v) is 15.5. The molecule has 2 N–H and O–H groups in total. The van der Waals surface area contributed by atoms with Crippen molar-refractivity contribution in [3.05, 3.63) is 66.5 Å². The first-order valence-electron chi connectivity index (χ1n) is 8.11. The van der Waals surface area contributed by atoms with E-state index in [0.29, 0.717) is 5.16 Å². The Morgan fingerprint density at radius 3 is 2.73 bits per heavy atom. The van der Waals surface area contributed by atoms with Crippen LogP contribution in [0.4, 0.5) is 5.69 Å². The molecule has 2 heterocycles. The zero-order valence-electron chi connectivity index (χ0n) is 13.9. The molecule has 0 saturated carbocycles. The van der Waals surface area contributed by atoms with Gasteiger partial charge in [0.05, 0.1) is 17.5 Å². The number of aromatic nitrogens is 3. The molecule has 0 spiro atoms. The average molecular weight is 384 g/mol. The smallest absolute Gasteiger partial charge is 0.238 e. The highest BCUT2D eigenvalue weighted by molar-refractivity contribution is 8.00. The van der Waals surface area contributed by atoms with Gasteiger partial charge in [0.1, 0.15) is 6.33 Å². The fourth-order valence-electron chi connectivity index (χ4n) is 2.95. The summed E-state index contributed by atoms with van der Waals surface area (Å²) in [4.78, 5) is 16.2. The summed E-state index contributed by atoms with van der Waals surface area (Å²) in [7, 11) is 0. The predicted octanol–water partition coefficient (Wildman–Crippen LogP) is 2.96. The molecule has 1 amide bonds. The van der Waals surface area contributed by atoms with Crippen LogP contribution in [0.5, 0.6) is 0 Å². The highest BCUT2D eigenvalue weighted by Crippen LogP contribution is 2.43. The lowest BCUT2D eigenvalue weighted by Gasteiger charge is -2.37. The number of benzene rings is 2. The summed E-state index contributed by atoms with van der Waals surface area (Å²) in [5, 5.41) is 8.20. The van der Waals surface area contributed by atoms with E-state index in [-0.39, 0.29) is 17.7 Å². The molecule has 3 aromatic rings. The van der Waals surface area contributed by atoms with Crippen LogP contribution in [-0.4, -0.2) is 32.3 Å². The van der Waals surface area contributed by atoms with Gasteiger partial charge in [0.25, 0.3) is 0 Å². The molecule has 132 valence electrons. The topological polar surface area (TPSA) is 77.0 Å². The molecule has 0 aliphatic carbocycles. The maximum atomic E-state index is 13.1. The number of para-hydroxylation sites is 1. The second-order valence-corrected chi connectivity index (χ2v) is 7.78. The monoisotopic (exact) mass is 383 g/mol. The minimum atomic E-state index is -0.0000496. The quantitative estimate of drug-likeness (QED) is 0.551. The normalized spacial score (nSPS) is 16.3. The lowest BCUT2D eigenvalue weighted by Crippen LogP contribution is -2.39. The maximum Gasteiger partial charge on any atom is 0.238 e. The number of hydrogen-bond donors (Lipinski definition) is 1. The van der Waals surface area contributed by atoms with Crippen LogP contribution in [0.3, 0.4) is 0 Å². The number of nitrogen functional groups attached to an aromatic ring is 1. The Bertz CT molecular complexity index is 915. The number of hydrogen-bond acceptors (Lipinski definition) is 6. The van der Waals surface area contributed by atoms with E-state index in [1.54, 1.807) is 11.8 Å². The maximum absolute atomic E-state index is 13.1. The molecule has 0 bridgehead atoms. The van der Waals surface area contributed by atoms with Gasteiger partial charge in [-0.2, -0.15) is 0 Å².